The highest BCUT2D eigenvalue weighted by Gasteiger charge is 2.21. The molecule has 2 aromatic heterocycles. The lowest BCUT2D eigenvalue weighted by molar-refractivity contribution is -0.122. The molecule has 2 heterocycles. The predicted octanol–water partition coefficient (Wildman–Crippen LogP) is 4.43. The Balaban J connectivity index is 1.45. The highest BCUT2D eigenvalue weighted by Crippen LogP contribution is 2.24. The number of nitrogens with zero attached hydrogens (tertiary/aromatic N) is 2. The molecule has 29 heavy (non-hydrogen) atoms. The van der Waals surface area contributed by atoms with Crippen LogP contribution in [0.5, 0.6) is 5.75 Å². The fourth-order valence-corrected chi connectivity index (χ4v) is 3.64. The molecule has 4 aromatic rings. The second-order valence-electron chi connectivity index (χ2n) is 7.61. The zero-order valence-corrected chi connectivity index (χ0v) is 17.0. The number of rotatable bonds is 7. The summed E-state index contributed by atoms with van der Waals surface area (Å²) in [6.45, 7) is 4.79. The number of hydrogen-bond acceptors (Lipinski definition) is 3. The molecule has 0 fully saturated rings. The third-order valence-corrected chi connectivity index (χ3v) is 5.24. The average molecular weight is 390 g/mol. The lowest BCUT2D eigenvalue weighted by atomic mass is 10.0. The van der Waals surface area contributed by atoms with Crippen LogP contribution in [0.1, 0.15) is 32.1 Å². The molecule has 6 heteroatoms. The van der Waals surface area contributed by atoms with Gasteiger partial charge < -0.3 is 19.6 Å². The molecule has 2 N–H and O–H groups in total. The van der Waals surface area contributed by atoms with Crippen molar-refractivity contribution in [3.8, 4) is 5.75 Å². The number of imidazole rings is 1. The van der Waals surface area contributed by atoms with Gasteiger partial charge in [0.15, 0.2) is 0 Å². The molecule has 0 aliphatic heterocycles. The van der Waals surface area contributed by atoms with E-state index in [0.29, 0.717) is 13.0 Å². The number of nitrogens with one attached hydrogen (secondary N) is 2. The van der Waals surface area contributed by atoms with Crippen LogP contribution in [0.3, 0.4) is 0 Å². The molecule has 1 amide bonds. The molecule has 0 saturated carbocycles. The maximum absolute atomic E-state index is 12.7. The number of aromatic amines is 1. The Morgan fingerprint density at radius 1 is 1.21 bits per heavy atom. The smallest absolute Gasteiger partial charge is 0.222 e. The van der Waals surface area contributed by atoms with E-state index < -0.39 is 0 Å². The van der Waals surface area contributed by atoms with Gasteiger partial charge in [-0.15, -0.1) is 0 Å². The molecule has 1 atom stereocenters. The molecule has 0 bridgehead atoms. The number of benzene rings is 2. The Kier molecular flexibility index (Phi) is 5.25. The van der Waals surface area contributed by atoms with E-state index in [2.05, 4.69) is 33.7 Å². The summed E-state index contributed by atoms with van der Waals surface area (Å²) in [5, 5.41) is 4.26. The summed E-state index contributed by atoms with van der Waals surface area (Å²) in [7, 11) is 1.66. The maximum atomic E-state index is 12.7. The van der Waals surface area contributed by atoms with E-state index in [4.69, 9.17) is 4.74 Å². The van der Waals surface area contributed by atoms with Gasteiger partial charge in [-0.25, -0.2) is 4.98 Å². The third-order valence-electron chi connectivity index (χ3n) is 5.24. The summed E-state index contributed by atoms with van der Waals surface area (Å²) in [5.41, 5.74) is 2.99. The molecular formula is C23H26N4O2. The van der Waals surface area contributed by atoms with Gasteiger partial charge >= 0.3 is 0 Å². The molecule has 150 valence electrons. The minimum Gasteiger partial charge on any atom is -0.497 e. The second-order valence-corrected chi connectivity index (χ2v) is 7.61. The fourth-order valence-electron chi connectivity index (χ4n) is 3.64. The molecule has 0 saturated heterocycles. The van der Waals surface area contributed by atoms with Crippen molar-refractivity contribution >= 4 is 27.8 Å². The molecule has 0 radical (unpaired) electrons. The van der Waals surface area contributed by atoms with Crippen LogP contribution in [0.4, 0.5) is 0 Å². The lowest BCUT2D eigenvalue weighted by Gasteiger charge is -2.20. The zero-order valence-electron chi connectivity index (χ0n) is 17.0. The van der Waals surface area contributed by atoms with Crippen molar-refractivity contribution in [2.75, 3.05) is 7.11 Å². The van der Waals surface area contributed by atoms with E-state index in [-0.39, 0.29) is 17.9 Å². The first-order chi connectivity index (χ1) is 14.0. The van der Waals surface area contributed by atoms with E-state index >= 15 is 0 Å². The van der Waals surface area contributed by atoms with Gasteiger partial charge in [0.1, 0.15) is 11.6 Å². The SMILES string of the molecule is COc1ccc2c(ccn2CCC(=O)N[C@@H](c2nc3ccccc3[nH]2)C(C)C)c1. The van der Waals surface area contributed by atoms with Crippen molar-refractivity contribution in [2.45, 2.75) is 32.9 Å². The fraction of sp³-hybridized carbons (Fsp3) is 0.304. The third kappa shape index (κ3) is 3.97. The average Bonchev–Trinajstić information content (AvgIpc) is 3.33. The zero-order chi connectivity index (χ0) is 20.4. The number of methoxy groups -OCH3 is 1. The normalized spacial score (nSPS) is 12.6. The van der Waals surface area contributed by atoms with Crippen LogP contribution in [-0.4, -0.2) is 27.6 Å². The number of aromatic nitrogens is 3. The van der Waals surface area contributed by atoms with Crippen LogP contribution in [0.25, 0.3) is 21.9 Å². The summed E-state index contributed by atoms with van der Waals surface area (Å²) in [6.07, 6.45) is 2.41. The second kappa shape index (κ2) is 7.99. The number of H-pyrrole nitrogens is 1. The molecule has 0 aliphatic rings. The van der Waals surface area contributed by atoms with Gasteiger partial charge in [-0.05, 0) is 42.3 Å². The standard InChI is InChI=1S/C23H26N4O2/c1-15(2)22(23-24-18-6-4-5-7-19(18)25-23)26-21(28)11-13-27-12-10-16-14-17(29-3)8-9-20(16)27/h4-10,12,14-15,22H,11,13H2,1-3H3,(H,24,25)(H,26,28)/t22-/m1/s1. The number of hydrogen-bond donors (Lipinski definition) is 2. The minimum atomic E-state index is -0.152. The van der Waals surface area contributed by atoms with Crippen molar-refractivity contribution in [1.29, 1.82) is 0 Å². The van der Waals surface area contributed by atoms with Crippen molar-refractivity contribution in [2.24, 2.45) is 5.92 Å². The van der Waals surface area contributed by atoms with Crippen LogP contribution < -0.4 is 10.1 Å². The lowest BCUT2D eigenvalue weighted by Crippen LogP contribution is -2.33. The monoisotopic (exact) mass is 390 g/mol. The number of para-hydroxylation sites is 2. The van der Waals surface area contributed by atoms with Crippen LogP contribution in [0.15, 0.2) is 54.7 Å². The first-order valence-electron chi connectivity index (χ1n) is 9.92. The molecule has 0 spiro atoms. The van der Waals surface area contributed by atoms with Crippen LogP contribution >= 0.6 is 0 Å². The Morgan fingerprint density at radius 2 is 2.03 bits per heavy atom. The molecule has 2 aromatic carbocycles. The van der Waals surface area contributed by atoms with Gasteiger partial charge in [0, 0.05) is 30.1 Å². The van der Waals surface area contributed by atoms with Gasteiger partial charge in [-0.2, -0.15) is 0 Å². The number of aryl methyl sites for hydroxylation is 1. The molecule has 4 rings (SSSR count). The number of amides is 1. The summed E-state index contributed by atoms with van der Waals surface area (Å²) in [4.78, 5) is 20.7. The van der Waals surface area contributed by atoms with Crippen molar-refractivity contribution in [1.82, 2.24) is 19.9 Å². The van der Waals surface area contributed by atoms with Crippen molar-refractivity contribution < 1.29 is 9.53 Å². The Labute approximate surface area is 169 Å². The predicted molar refractivity (Wildman–Crippen MR) is 115 cm³/mol. The first-order valence-corrected chi connectivity index (χ1v) is 9.92. The maximum Gasteiger partial charge on any atom is 0.222 e. The Morgan fingerprint density at radius 3 is 2.79 bits per heavy atom. The van der Waals surface area contributed by atoms with Gasteiger partial charge in [-0.3, -0.25) is 4.79 Å². The van der Waals surface area contributed by atoms with Crippen molar-refractivity contribution in [3.05, 3.63) is 60.6 Å². The summed E-state index contributed by atoms with van der Waals surface area (Å²) in [5.74, 6) is 1.87. The van der Waals surface area contributed by atoms with Gasteiger partial charge in [0.05, 0.1) is 24.2 Å². The quantitative estimate of drug-likeness (QED) is 0.490. The number of carbonyl (C=O) groups is 1. The van der Waals surface area contributed by atoms with E-state index in [1.807, 2.05) is 54.7 Å². The van der Waals surface area contributed by atoms with E-state index in [1.54, 1.807) is 7.11 Å². The van der Waals surface area contributed by atoms with Crippen LogP contribution in [0.2, 0.25) is 0 Å². The molecule has 0 aliphatic carbocycles. The molecule has 0 unspecified atom stereocenters. The van der Waals surface area contributed by atoms with Gasteiger partial charge in [0.25, 0.3) is 0 Å². The van der Waals surface area contributed by atoms with E-state index in [1.165, 1.54) is 0 Å². The topological polar surface area (TPSA) is 71.9 Å². The minimum absolute atomic E-state index is 0.0134. The summed E-state index contributed by atoms with van der Waals surface area (Å²) >= 11 is 0. The highest BCUT2D eigenvalue weighted by atomic mass is 16.5. The van der Waals surface area contributed by atoms with E-state index in [9.17, 15) is 4.79 Å². The van der Waals surface area contributed by atoms with Crippen LogP contribution in [-0.2, 0) is 11.3 Å². The van der Waals surface area contributed by atoms with Crippen LogP contribution in [0, 0.1) is 5.92 Å². The first kappa shape index (κ1) is 19.1. The Hall–Kier alpha value is -3.28. The highest BCUT2D eigenvalue weighted by molar-refractivity contribution is 5.82. The van der Waals surface area contributed by atoms with E-state index in [0.717, 1.165) is 33.5 Å². The summed E-state index contributed by atoms with van der Waals surface area (Å²) in [6, 6.07) is 15.8. The number of fused-ring (bicyclic) bond motifs is 2. The van der Waals surface area contributed by atoms with Crippen molar-refractivity contribution in [3.63, 3.8) is 0 Å². The number of carbonyl (C=O) groups excluding carboxylic acids is 1. The molecule has 6 nitrogen and oxygen atoms in total. The molecular weight excluding hydrogens is 364 g/mol. The van der Waals surface area contributed by atoms with Gasteiger partial charge in [-0.1, -0.05) is 26.0 Å². The largest absolute Gasteiger partial charge is 0.497 e. The summed E-state index contributed by atoms with van der Waals surface area (Å²) < 4.78 is 7.37. The number of ether oxygens (including phenoxy) is 1. The Bertz CT molecular complexity index is 1110. The van der Waals surface area contributed by atoms with Gasteiger partial charge in [0.2, 0.25) is 5.91 Å².